The highest BCUT2D eigenvalue weighted by atomic mass is 16.6. The molecule has 0 fully saturated rings. The summed E-state index contributed by atoms with van der Waals surface area (Å²) in [7, 11) is 0. The molecule has 0 bridgehead atoms. The molecular weight excluding hydrogens is 937 g/mol. The highest BCUT2D eigenvalue weighted by molar-refractivity contribution is 6.02. The van der Waals surface area contributed by atoms with Gasteiger partial charge in [-0.05, 0) is 125 Å². The van der Waals surface area contributed by atoms with E-state index in [-0.39, 0.29) is 74.0 Å². The molecule has 0 saturated carbocycles. The van der Waals surface area contributed by atoms with Gasteiger partial charge in [0.2, 0.25) is 5.96 Å². The summed E-state index contributed by atoms with van der Waals surface area (Å²) in [5, 5.41) is 18.8. The summed E-state index contributed by atoms with van der Waals surface area (Å²) in [5.41, 5.74) is 1.05. The lowest BCUT2D eigenvalue weighted by atomic mass is 10.2. The molecule has 5 rings (SSSR count). The number of guanidine groups is 1. The van der Waals surface area contributed by atoms with Gasteiger partial charge in [-0.15, -0.1) is 0 Å². The Hall–Kier alpha value is -8.69. The van der Waals surface area contributed by atoms with Gasteiger partial charge in [-0.25, -0.2) is 33.8 Å². The zero-order chi connectivity index (χ0) is 50.9. The summed E-state index contributed by atoms with van der Waals surface area (Å²) < 4.78 is 37.1. The molecule has 0 spiro atoms. The van der Waals surface area contributed by atoms with Crippen molar-refractivity contribution in [2.45, 2.75) is 66.0 Å². The number of hydrogen-bond acceptors (Lipinski definition) is 15. The molecule has 0 aliphatic heterocycles. The lowest BCUT2D eigenvalue weighted by molar-refractivity contribution is 0.0542. The number of rotatable bonds is 16. The maximum Gasteiger partial charge on any atom is 0.414 e. The number of carboxylic acid groups (broad SMARTS) is 1. The zero-order valence-corrected chi connectivity index (χ0v) is 40.9. The highest BCUT2D eigenvalue weighted by Gasteiger charge is 2.22. The van der Waals surface area contributed by atoms with E-state index in [4.69, 9.17) is 38.3 Å². The monoisotopic (exact) mass is 998 g/mol. The molecule has 72 heavy (non-hydrogen) atoms. The minimum absolute atomic E-state index is 0. The number of carbonyl (C=O) groups is 6. The molecule has 0 radical (unpaired) electrons. The molecule has 5 aromatic rings. The molecule has 10 N–H and O–H groups in total. The van der Waals surface area contributed by atoms with Crippen molar-refractivity contribution in [3.63, 3.8) is 0 Å². The fourth-order valence-corrected chi connectivity index (χ4v) is 5.34. The van der Waals surface area contributed by atoms with Crippen molar-refractivity contribution in [3.05, 3.63) is 156 Å². The average molecular weight is 999 g/mol. The maximum atomic E-state index is 12.7. The number of benzene rings is 5. The van der Waals surface area contributed by atoms with Crippen LogP contribution in [-0.2, 0) is 32.2 Å². The average Bonchev–Trinajstić information content (AvgIpc) is 3.31. The van der Waals surface area contributed by atoms with E-state index >= 15 is 0 Å². The third-order valence-corrected chi connectivity index (χ3v) is 8.42. The van der Waals surface area contributed by atoms with Crippen molar-refractivity contribution in [2.24, 2.45) is 4.99 Å². The Bertz CT molecular complexity index is 2460. The Kier molecular flexibility index (Phi) is 24.8. The van der Waals surface area contributed by atoms with E-state index in [0.29, 0.717) is 17.2 Å². The number of carboxylic acids is 1. The Labute approximate surface area is 417 Å². The standard InChI is InChI=1S/C34H40N4O9.C17H17NO5.H3N.H2O/c1-33(2,3)46-31(41)37-29(38-32(42)47-34(4,5)6)36-25-14-18-27(19-15-25)45-28(39)24-12-16-26(17-13-24)43-21-20-35-30(40)44-22-23-10-8-7-9-11-23;19-16(20)14-6-8-15(9-7-14)22-11-10-18-17(21)23-12-13-4-2-1-3-5-13;;/h7-19H,20-22H2,1-6H3,(H,35,40)(H2,36,37,38,41,42);1-9H,10-12H2,(H,18,21)(H,19,20);1H3;1H2. The molecule has 21 nitrogen and oxygen atoms in total. The van der Waals surface area contributed by atoms with Crippen molar-refractivity contribution >= 4 is 48.0 Å². The van der Waals surface area contributed by atoms with Gasteiger partial charge >= 0.3 is 36.3 Å². The van der Waals surface area contributed by atoms with E-state index in [1.54, 1.807) is 77.9 Å². The second-order valence-corrected chi connectivity index (χ2v) is 16.6. The fraction of sp³-hybridized carbons (Fsp3) is 0.275. The Balaban J connectivity index is 0.000000596. The zero-order valence-electron chi connectivity index (χ0n) is 40.9. The maximum absolute atomic E-state index is 12.7. The van der Waals surface area contributed by atoms with Crippen molar-refractivity contribution in [1.82, 2.24) is 27.4 Å². The van der Waals surface area contributed by atoms with Crippen LogP contribution in [-0.4, -0.2) is 90.4 Å². The lowest BCUT2D eigenvalue weighted by Gasteiger charge is -2.22. The number of aromatic carboxylic acids is 1. The number of ether oxygens (including phenoxy) is 7. The van der Waals surface area contributed by atoms with Gasteiger partial charge in [-0.2, -0.15) is 0 Å². The normalized spacial score (nSPS) is 10.3. The summed E-state index contributed by atoms with van der Waals surface area (Å²) in [6.07, 6.45) is -2.72. The molecule has 0 aromatic heterocycles. The fourth-order valence-electron chi connectivity index (χ4n) is 5.34. The molecular formula is C51H62N6O15. The van der Waals surface area contributed by atoms with Gasteiger partial charge in [-0.1, -0.05) is 60.7 Å². The van der Waals surface area contributed by atoms with Gasteiger partial charge in [0.05, 0.1) is 29.9 Å². The molecule has 0 heterocycles. The van der Waals surface area contributed by atoms with E-state index in [1.807, 2.05) is 60.7 Å². The number of nitrogens with one attached hydrogen (secondary N) is 4. The highest BCUT2D eigenvalue weighted by Crippen LogP contribution is 2.21. The first-order valence-electron chi connectivity index (χ1n) is 21.8. The Morgan fingerprint density at radius 2 is 0.903 bits per heavy atom. The first kappa shape index (κ1) is 59.4. The predicted octanol–water partition coefficient (Wildman–Crippen LogP) is 8.28. The van der Waals surface area contributed by atoms with Crippen LogP contribution in [0.4, 0.5) is 24.9 Å². The minimum Gasteiger partial charge on any atom is -0.492 e. The van der Waals surface area contributed by atoms with Crippen LogP contribution in [0.1, 0.15) is 73.4 Å². The summed E-state index contributed by atoms with van der Waals surface area (Å²) in [4.78, 5) is 75.6. The molecule has 0 aliphatic rings. The van der Waals surface area contributed by atoms with Crippen LogP contribution in [0.5, 0.6) is 17.2 Å². The van der Waals surface area contributed by atoms with Crippen LogP contribution in [0, 0.1) is 0 Å². The number of nitrogens with zero attached hydrogens (tertiary/aromatic N) is 1. The summed E-state index contributed by atoms with van der Waals surface area (Å²) in [6.45, 7) is 11.5. The van der Waals surface area contributed by atoms with Crippen molar-refractivity contribution < 1.29 is 72.5 Å². The van der Waals surface area contributed by atoms with E-state index in [9.17, 15) is 28.8 Å². The molecule has 0 unspecified atom stereocenters. The topological polar surface area (TPSA) is 314 Å². The van der Waals surface area contributed by atoms with Crippen LogP contribution in [0.25, 0.3) is 0 Å². The number of esters is 1. The number of amides is 4. The first-order valence-corrected chi connectivity index (χ1v) is 21.8. The minimum atomic E-state index is -0.987. The van der Waals surface area contributed by atoms with Crippen LogP contribution in [0.3, 0.4) is 0 Å². The van der Waals surface area contributed by atoms with Gasteiger partial charge in [0.25, 0.3) is 0 Å². The number of aliphatic imine (C=N–C) groups is 1. The van der Waals surface area contributed by atoms with Crippen molar-refractivity contribution in [2.75, 3.05) is 26.3 Å². The third-order valence-electron chi connectivity index (χ3n) is 8.42. The van der Waals surface area contributed by atoms with E-state index in [0.717, 1.165) is 11.1 Å². The number of carbonyl (C=O) groups excluding carboxylic acids is 5. The lowest BCUT2D eigenvalue weighted by Crippen LogP contribution is -2.47. The van der Waals surface area contributed by atoms with Gasteiger partial charge in [0.1, 0.15) is 54.9 Å². The molecule has 386 valence electrons. The smallest absolute Gasteiger partial charge is 0.414 e. The van der Waals surface area contributed by atoms with Gasteiger partial charge in [0, 0.05) is 0 Å². The van der Waals surface area contributed by atoms with E-state index < -0.39 is 47.5 Å². The predicted molar refractivity (Wildman–Crippen MR) is 266 cm³/mol. The van der Waals surface area contributed by atoms with E-state index in [1.165, 1.54) is 36.4 Å². The summed E-state index contributed by atoms with van der Waals surface area (Å²) in [6, 6.07) is 37.2. The van der Waals surface area contributed by atoms with Crippen molar-refractivity contribution in [3.8, 4) is 17.2 Å². The molecule has 0 atom stereocenters. The summed E-state index contributed by atoms with van der Waals surface area (Å²) in [5.74, 6) is -0.539. The molecule has 21 heteroatoms. The van der Waals surface area contributed by atoms with Gasteiger partial charge in [-0.3, -0.25) is 10.6 Å². The number of alkyl carbamates (subject to hydrolysis) is 4. The van der Waals surface area contributed by atoms with Crippen LogP contribution in [0.2, 0.25) is 0 Å². The molecule has 0 saturated heterocycles. The number of hydrogen-bond donors (Lipinski definition) is 6. The van der Waals surface area contributed by atoms with Crippen LogP contribution in [0.15, 0.2) is 138 Å². The quantitative estimate of drug-likeness (QED) is 0.0135. The van der Waals surface area contributed by atoms with Crippen molar-refractivity contribution in [1.29, 1.82) is 0 Å². The molecule has 5 aromatic carbocycles. The molecule has 0 aliphatic carbocycles. The Morgan fingerprint density at radius 3 is 1.29 bits per heavy atom. The SMILES string of the molecule is CC(C)(C)OC(=O)NC(=Nc1ccc(OC(=O)c2ccc(OCCNC(=O)OCc3ccccc3)cc2)cc1)NC(=O)OC(C)(C)C.N.O.O=C(NCCOc1ccc(C(=O)O)cc1)OCc1ccccc1. The van der Waals surface area contributed by atoms with Crippen LogP contribution < -0.4 is 41.6 Å². The van der Waals surface area contributed by atoms with Crippen LogP contribution >= 0.6 is 0 Å². The summed E-state index contributed by atoms with van der Waals surface area (Å²) >= 11 is 0. The third kappa shape index (κ3) is 24.5. The van der Waals surface area contributed by atoms with Gasteiger partial charge in [0.15, 0.2) is 0 Å². The molecule has 4 amide bonds. The Morgan fingerprint density at radius 1 is 0.514 bits per heavy atom. The van der Waals surface area contributed by atoms with E-state index in [2.05, 4.69) is 26.3 Å². The second kappa shape index (κ2) is 30.0. The first-order chi connectivity index (χ1) is 33.3. The second-order valence-electron chi connectivity index (χ2n) is 16.6. The van der Waals surface area contributed by atoms with Gasteiger partial charge < -0.3 is 60.5 Å². The largest absolute Gasteiger partial charge is 0.492 e.